The van der Waals surface area contributed by atoms with Crippen molar-refractivity contribution in [2.45, 2.75) is 24.9 Å². The number of rotatable bonds is 4. The van der Waals surface area contributed by atoms with Gasteiger partial charge in [0.1, 0.15) is 17.6 Å². The maximum absolute atomic E-state index is 13.9. The standard InChI is InChI=1S/C24H26FN3O3/c1-31-21-8-7-19(25)12-17(21)14-26-13-16-11-18(15-26)23(24(30)27-9-2-3-10-27)28-20(16)5-4-6-22(28)29/h2-8,12,16,18,23H,9-11,13-15H2,1H3/t16-,18+,23-/m1/s1. The molecule has 5 rings (SSSR count). The third-order valence-electron chi connectivity index (χ3n) is 6.74. The number of aromatic nitrogens is 1. The summed E-state index contributed by atoms with van der Waals surface area (Å²) in [6, 6.07) is 9.35. The number of piperidine rings is 1. The number of methoxy groups -OCH3 is 1. The summed E-state index contributed by atoms with van der Waals surface area (Å²) in [4.78, 5) is 30.4. The second-order valence-electron chi connectivity index (χ2n) is 8.66. The van der Waals surface area contributed by atoms with Crippen molar-refractivity contribution in [3.05, 3.63) is 76.0 Å². The summed E-state index contributed by atoms with van der Waals surface area (Å²) in [6.45, 7) is 3.15. The Hall–Kier alpha value is -2.93. The number of likely N-dealkylation sites (tertiary alicyclic amines) is 1. The topological polar surface area (TPSA) is 54.8 Å². The fourth-order valence-electron chi connectivity index (χ4n) is 5.43. The molecule has 0 spiro atoms. The number of ether oxygens (including phenoxy) is 1. The van der Waals surface area contributed by atoms with Crippen LogP contribution < -0.4 is 10.3 Å². The Morgan fingerprint density at radius 3 is 2.74 bits per heavy atom. The largest absolute Gasteiger partial charge is 0.496 e. The van der Waals surface area contributed by atoms with Crippen LogP contribution in [0.4, 0.5) is 4.39 Å². The molecule has 0 radical (unpaired) electrons. The molecule has 1 fully saturated rings. The van der Waals surface area contributed by atoms with Crippen molar-refractivity contribution in [2.75, 3.05) is 33.3 Å². The summed E-state index contributed by atoms with van der Waals surface area (Å²) in [5, 5.41) is 0. The molecule has 4 heterocycles. The quantitative estimate of drug-likeness (QED) is 0.710. The summed E-state index contributed by atoms with van der Waals surface area (Å²) >= 11 is 0. The Morgan fingerprint density at radius 1 is 1.16 bits per heavy atom. The van der Waals surface area contributed by atoms with Crippen molar-refractivity contribution in [1.29, 1.82) is 0 Å². The van der Waals surface area contributed by atoms with Crippen molar-refractivity contribution in [2.24, 2.45) is 5.92 Å². The van der Waals surface area contributed by atoms with Crippen LogP contribution in [0.1, 0.15) is 29.6 Å². The van der Waals surface area contributed by atoms with Crippen LogP contribution in [0.3, 0.4) is 0 Å². The van der Waals surface area contributed by atoms with Crippen LogP contribution in [0, 0.1) is 11.7 Å². The molecule has 162 valence electrons. The zero-order valence-corrected chi connectivity index (χ0v) is 17.5. The smallest absolute Gasteiger partial charge is 0.251 e. The Labute approximate surface area is 180 Å². The first kappa shape index (κ1) is 20.0. The lowest BCUT2D eigenvalue weighted by molar-refractivity contribution is -0.137. The van der Waals surface area contributed by atoms with Crippen LogP contribution in [-0.2, 0) is 11.3 Å². The molecule has 1 aromatic carbocycles. The highest BCUT2D eigenvalue weighted by Crippen LogP contribution is 2.42. The number of carbonyl (C=O) groups is 1. The number of hydrogen-bond donors (Lipinski definition) is 0. The van der Waals surface area contributed by atoms with Crippen LogP contribution in [-0.4, -0.2) is 53.6 Å². The van der Waals surface area contributed by atoms with Gasteiger partial charge in [0, 0.05) is 61.9 Å². The Balaban J connectivity index is 1.48. The van der Waals surface area contributed by atoms with Gasteiger partial charge < -0.3 is 9.64 Å². The van der Waals surface area contributed by atoms with Gasteiger partial charge in [-0.25, -0.2) is 4.39 Å². The average Bonchev–Trinajstić information content (AvgIpc) is 3.29. The molecule has 2 aromatic rings. The van der Waals surface area contributed by atoms with Crippen molar-refractivity contribution >= 4 is 5.91 Å². The van der Waals surface area contributed by atoms with Crippen LogP contribution in [0.5, 0.6) is 5.75 Å². The molecule has 2 bridgehead atoms. The van der Waals surface area contributed by atoms with Gasteiger partial charge in [-0.1, -0.05) is 18.2 Å². The van der Waals surface area contributed by atoms with Gasteiger partial charge in [0.05, 0.1) is 7.11 Å². The summed E-state index contributed by atoms with van der Waals surface area (Å²) < 4.78 is 21.0. The zero-order valence-electron chi connectivity index (χ0n) is 17.5. The van der Waals surface area contributed by atoms with E-state index >= 15 is 0 Å². The van der Waals surface area contributed by atoms with E-state index < -0.39 is 6.04 Å². The number of fused-ring (bicyclic) bond motifs is 4. The molecular weight excluding hydrogens is 397 g/mol. The molecule has 1 aromatic heterocycles. The first-order valence-corrected chi connectivity index (χ1v) is 10.7. The first-order valence-electron chi connectivity index (χ1n) is 10.7. The molecule has 0 aliphatic carbocycles. The minimum absolute atomic E-state index is 0.00758. The second-order valence-corrected chi connectivity index (χ2v) is 8.66. The molecule has 3 atom stereocenters. The number of benzene rings is 1. The second kappa shape index (κ2) is 7.96. The van der Waals surface area contributed by atoms with Crippen LogP contribution in [0.25, 0.3) is 0 Å². The van der Waals surface area contributed by atoms with E-state index in [1.165, 1.54) is 12.1 Å². The van der Waals surface area contributed by atoms with Gasteiger partial charge in [-0.05, 0) is 30.7 Å². The lowest BCUT2D eigenvalue weighted by atomic mass is 9.78. The van der Waals surface area contributed by atoms with Gasteiger partial charge in [-0.3, -0.25) is 19.1 Å². The summed E-state index contributed by atoms with van der Waals surface area (Å²) in [5.41, 5.74) is 1.60. The van der Waals surface area contributed by atoms with Crippen LogP contribution in [0.15, 0.2) is 53.3 Å². The van der Waals surface area contributed by atoms with E-state index in [0.29, 0.717) is 31.9 Å². The minimum atomic E-state index is -0.503. The van der Waals surface area contributed by atoms with Crippen molar-refractivity contribution in [3.8, 4) is 5.75 Å². The fourth-order valence-corrected chi connectivity index (χ4v) is 5.43. The maximum Gasteiger partial charge on any atom is 0.251 e. The molecule has 3 aliphatic heterocycles. The highest BCUT2D eigenvalue weighted by Gasteiger charge is 2.45. The molecule has 0 unspecified atom stereocenters. The maximum atomic E-state index is 13.9. The highest BCUT2D eigenvalue weighted by molar-refractivity contribution is 5.82. The van der Waals surface area contributed by atoms with Crippen molar-refractivity contribution in [3.63, 3.8) is 0 Å². The third-order valence-corrected chi connectivity index (χ3v) is 6.74. The number of hydrogen-bond acceptors (Lipinski definition) is 4. The van der Waals surface area contributed by atoms with Crippen molar-refractivity contribution < 1.29 is 13.9 Å². The third kappa shape index (κ3) is 3.57. The number of halogens is 1. The zero-order chi connectivity index (χ0) is 21.5. The van der Waals surface area contributed by atoms with Gasteiger partial charge in [0.25, 0.3) is 5.56 Å². The Bertz CT molecular complexity index is 1090. The molecule has 6 nitrogen and oxygen atoms in total. The van der Waals surface area contributed by atoms with Gasteiger partial charge in [0.15, 0.2) is 0 Å². The fraction of sp³-hybridized carbons (Fsp3) is 0.417. The summed E-state index contributed by atoms with van der Waals surface area (Å²) in [5.74, 6) is 0.559. The van der Waals surface area contributed by atoms with E-state index in [1.54, 1.807) is 29.9 Å². The van der Waals surface area contributed by atoms with E-state index in [-0.39, 0.29) is 29.1 Å². The molecule has 31 heavy (non-hydrogen) atoms. The highest BCUT2D eigenvalue weighted by atomic mass is 19.1. The number of pyridine rings is 1. The monoisotopic (exact) mass is 423 g/mol. The molecule has 7 heteroatoms. The van der Waals surface area contributed by atoms with E-state index in [9.17, 15) is 14.0 Å². The molecule has 1 saturated heterocycles. The van der Waals surface area contributed by atoms with E-state index in [1.807, 2.05) is 23.1 Å². The Morgan fingerprint density at radius 2 is 1.97 bits per heavy atom. The SMILES string of the molecule is COc1ccc(F)cc1CN1C[C@H]2C[C@@H](C1)[C@H](C(=O)N1CC=CC1)n1c2cccc1=O. The van der Waals surface area contributed by atoms with Crippen LogP contribution >= 0.6 is 0 Å². The minimum Gasteiger partial charge on any atom is -0.496 e. The predicted octanol–water partition coefficient (Wildman–Crippen LogP) is 2.55. The lowest BCUT2D eigenvalue weighted by Gasteiger charge is -2.47. The predicted molar refractivity (Wildman–Crippen MR) is 115 cm³/mol. The van der Waals surface area contributed by atoms with Gasteiger partial charge in [0.2, 0.25) is 5.91 Å². The van der Waals surface area contributed by atoms with Gasteiger partial charge >= 0.3 is 0 Å². The molecule has 0 saturated carbocycles. The van der Waals surface area contributed by atoms with Gasteiger partial charge in [-0.2, -0.15) is 0 Å². The molecular formula is C24H26FN3O3. The lowest BCUT2D eigenvalue weighted by Crippen LogP contribution is -2.53. The van der Waals surface area contributed by atoms with E-state index in [4.69, 9.17) is 4.74 Å². The summed E-state index contributed by atoms with van der Waals surface area (Å²) in [7, 11) is 1.59. The van der Waals surface area contributed by atoms with Gasteiger partial charge in [-0.15, -0.1) is 0 Å². The first-order chi connectivity index (χ1) is 15.0. The summed E-state index contributed by atoms with van der Waals surface area (Å²) in [6.07, 6.45) is 4.85. The number of carbonyl (C=O) groups excluding carboxylic acids is 1. The Kier molecular flexibility index (Phi) is 5.14. The normalized spacial score (nSPS) is 24.8. The average molecular weight is 423 g/mol. The van der Waals surface area contributed by atoms with E-state index in [0.717, 1.165) is 24.2 Å². The van der Waals surface area contributed by atoms with Crippen LogP contribution in [0.2, 0.25) is 0 Å². The number of amides is 1. The molecule has 0 N–H and O–H groups in total. The van der Waals surface area contributed by atoms with E-state index in [2.05, 4.69) is 4.90 Å². The molecule has 3 aliphatic rings. The molecule has 1 amide bonds. The number of nitrogens with zero attached hydrogens (tertiary/aromatic N) is 3. The van der Waals surface area contributed by atoms with Crippen molar-refractivity contribution in [1.82, 2.24) is 14.4 Å².